The number of hydrogen-bond acceptors (Lipinski definition) is 3. The highest BCUT2D eigenvalue weighted by molar-refractivity contribution is 5.70. The van der Waals surface area contributed by atoms with E-state index < -0.39 is 0 Å². The second-order valence-electron chi connectivity index (χ2n) is 4.81. The molecule has 2 aromatic carbocycles. The number of nitrogens with zero attached hydrogens (tertiary/aromatic N) is 1. The van der Waals surface area contributed by atoms with Crippen molar-refractivity contribution in [3.63, 3.8) is 0 Å². The summed E-state index contributed by atoms with van der Waals surface area (Å²) in [5, 5.41) is 0. The Hall–Kier alpha value is -2.07. The standard InChI is InChI=1S/C16H17FN2O/c17-13-10-12(11-18)6-7-14(13)19-8-3-9-20-16-5-2-1-4-15(16)19/h1-2,4-7,10H,3,8-9,11,18H2. The molecule has 0 saturated carbocycles. The zero-order valence-corrected chi connectivity index (χ0v) is 11.2. The van der Waals surface area contributed by atoms with Gasteiger partial charge in [-0.15, -0.1) is 0 Å². The van der Waals surface area contributed by atoms with E-state index in [0.29, 0.717) is 18.8 Å². The van der Waals surface area contributed by atoms with Crippen LogP contribution in [0.1, 0.15) is 12.0 Å². The molecule has 0 spiro atoms. The van der Waals surface area contributed by atoms with Gasteiger partial charge in [0.15, 0.2) is 0 Å². The molecule has 0 aliphatic carbocycles. The molecule has 0 aromatic heterocycles. The number of rotatable bonds is 2. The summed E-state index contributed by atoms with van der Waals surface area (Å²) in [4.78, 5) is 1.97. The smallest absolute Gasteiger partial charge is 0.147 e. The van der Waals surface area contributed by atoms with Crippen molar-refractivity contribution in [2.24, 2.45) is 5.73 Å². The van der Waals surface area contributed by atoms with Gasteiger partial charge in [0, 0.05) is 13.1 Å². The molecule has 1 aliphatic heterocycles. The fourth-order valence-electron chi connectivity index (χ4n) is 2.47. The summed E-state index contributed by atoms with van der Waals surface area (Å²) >= 11 is 0. The van der Waals surface area contributed by atoms with Gasteiger partial charge in [0.2, 0.25) is 0 Å². The van der Waals surface area contributed by atoms with Crippen LogP contribution in [-0.4, -0.2) is 13.2 Å². The molecule has 20 heavy (non-hydrogen) atoms. The van der Waals surface area contributed by atoms with Crippen molar-refractivity contribution in [1.82, 2.24) is 0 Å². The summed E-state index contributed by atoms with van der Waals surface area (Å²) in [6, 6.07) is 12.9. The van der Waals surface area contributed by atoms with Gasteiger partial charge in [-0.25, -0.2) is 4.39 Å². The first-order valence-electron chi connectivity index (χ1n) is 6.77. The highest BCUT2D eigenvalue weighted by Crippen LogP contribution is 2.36. The van der Waals surface area contributed by atoms with E-state index in [1.54, 1.807) is 6.07 Å². The monoisotopic (exact) mass is 272 g/mol. The number of nitrogens with two attached hydrogens (primary N) is 1. The van der Waals surface area contributed by atoms with E-state index in [-0.39, 0.29) is 5.82 Å². The maximum absolute atomic E-state index is 14.3. The van der Waals surface area contributed by atoms with Gasteiger partial charge in [-0.05, 0) is 36.2 Å². The minimum atomic E-state index is -0.246. The number of benzene rings is 2. The van der Waals surface area contributed by atoms with Crippen LogP contribution in [0.3, 0.4) is 0 Å². The van der Waals surface area contributed by atoms with E-state index in [2.05, 4.69) is 0 Å². The Morgan fingerprint density at radius 3 is 2.80 bits per heavy atom. The minimum Gasteiger partial charge on any atom is -0.491 e. The van der Waals surface area contributed by atoms with Crippen molar-refractivity contribution in [2.75, 3.05) is 18.1 Å². The van der Waals surface area contributed by atoms with Gasteiger partial charge in [0.1, 0.15) is 11.6 Å². The second kappa shape index (κ2) is 5.51. The predicted molar refractivity (Wildman–Crippen MR) is 77.9 cm³/mol. The Morgan fingerprint density at radius 2 is 2.00 bits per heavy atom. The topological polar surface area (TPSA) is 38.5 Å². The third-order valence-electron chi connectivity index (χ3n) is 3.48. The molecular formula is C16H17FN2O. The summed E-state index contributed by atoms with van der Waals surface area (Å²) in [6.07, 6.45) is 0.854. The fourth-order valence-corrected chi connectivity index (χ4v) is 2.47. The highest BCUT2D eigenvalue weighted by atomic mass is 19.1. The molecule has 0 amide bonds. The first-order chi connectivity index (χ1) is 9.79. The summed E-state index contributed by atoms with van der Waals surface area (Å²) in [5.74, 6) is 0.553. The predicted octanol–water partition coefficient (Wildman–Crippen LogP) is 3.21. The molecule has 4 heteroatoms. The van der Waals surface area contributed by atoms with E-state index in [0.717, 1.165) is 30.0 Å². The summed E-state index contributed by atoms with van der Waals surface area (Å²) in [5.41, 5.74) is 7.82. The van der Waals surface area contributed by atoms with Crippen LogP contribution < -0.4 is 15.4 Å². The van der Waals surface area contributed by atoms with E-state index in [1.165, 1.54) is 6.07 Å². The first-order valence-corrected chi connectivity index (χ1v) is 6.77. The largest absolute Gasteiger partial charge is 0.491 e. The van der Waals surface area contributed by atoms with Crippen LogP contribution in [0.2, 0.25) is 0 Å². The molecule has 1 aliphatic rings. The van der Waals surface area contributed by atoms with Crippen molar-refractivity contribution in [3.05, 3.63) is 53.8 Å². The molecule has 0 saturated heterocycles. The average molecular weight is 272 g/mol. The Kier molecular flexibility index (Phi) is 3.56. The number of para-hydroxylation sites is 2. The summed E-state index contributed by atoms with van der Waals surface area (Å²) < 4.78 is 20.0. The number of halogens is 1. The van der Waals surface area contributed by atoms with E-state index >= 15 is 0 Å². The zero-order valence-electron chi connectivity index (χ0n) is 11.2. The van der Waals surface area contributed by atoms with E-state index in [1.807, 2.05) is 35.2 Å². The lowest BCUT2D eigenvalue weighted by molar-refractivity contribution is 0.322. The van der Waals surface area contributed by atoms with Crippen LogP contribution in [0.5, 0.6) is 5.75 Å². The van der Waals surface area contributed by atoms with Crippen molar-refractivity contribution < 1.29 is 9.13 Å². The Morgan fingerprint density at radius 1 is 1.15 bits per heavy atom. The maximum Gasteiger partial charge on any atom is 0.147 e. The Bertz CT molecular complexity index is 615. The lowest BCUT2D eigenvalue weighted by Gasteiger charge is -2.24. The van der Waals surface area contributed by atoms with Gasteiger partial charge in [-0.2, -0.15) is 0 Å². The molecule has 0 bridgehead atoms. The van der Waals surface area contributed by atoms with Crippen LogP contribution in [0.4, 0.5) is 15.8 Å². The van der Waals surface area contributed by atoms with Crippen LogP contribution in [0.25, 0.3) is 0 Å². The van der Waals surface area contributed by atoms with Gasteiger partial charge < -0.3 is 15.4 Å². The third-order valence-corrected chi connectivity index (χ3v) is 3.48. The number of ether oxygens (including phenoxy) is 1. The van der Waals surface area contributed by atoms with Gasteiger partial charge in [-0.1, -0.05) is 18.2 Å². The second-order valence-corrected chi connectivity index (χ2v) is 4.81. The van der Waals surface area contributed by atoms with Crippen molar-refractivity contribution in [1.29, 1.82) is 0 Å². The Balaban J connectivity index is 2.05. The Labute approximate surface area is 117 Å². The van der Waals surface area contributed by atoms with Crippen LogP contribution >= 0.6 is 0 Å². The molecule has 104 valence electrons. The molecule has 2 aromatic rings. The summed E-state index contributed by atoms with van der Waals surface area (Å²) in [7, 11) is 0. The molecule has 1 heterocycles. The normalized spacial score (nSPS) is 14.4. The zero-order chi connectivity index (χ0) is 13.9. The van der Waals surface area contributed by atoms with Crippen LogP contribution in [0, 0.1) is 5.82 Å². The van der Waals surface area contributed by atoms with Crippen LogP contribution in [0.15, 0.2) is 42.5 Å². The number of fused-ring (bicyclic) bond motifs is 1. The van der Waals surface area contributed by atoms with Crippen molar-refractivity contribution >= 4 is 11.4 Å². The molecule has 0 atom stereocenters. The molecule has 0 unspecified atom stereocenters. The summed E-state index contributed by atoms with van der Waals surface area (Å²) in [6.45, 7) is 1.73. The maximum atomic E-state index is 14.3. The number of anilines is 2. The van der Waals surface area contributed by atoms with E-state index in [9.17, 15) is 4.39 Å². The quantitative estimate of drug-likeness (QED) is 0.912. The molecule has 2 N–H and O–H groups in total. The third kappa shape index (κ3) is 2.34. The van der Waals surface area contributed by atoms with Gasteiger partial charge in [0.25, 0.3) is 0 Å². The lowest BCUT2D eigenvalue weighted by Crippen LogP contribution is -2.19. The van der Waals surface area contributed by atoms with Crippen molar-refractivity contribution in [3.8, 4) is 5.75 Å². The molecular weight excluding hydrogens is 255 g/mol. The van der Waals surface area contributed by atoms with Crippen molar-refractivity contribution in [2.45, 2.75) is 13.0 Å². The molecule has 0 fully saturated rings. The SMILES string of the molecule is NCc1ccc(N2CCCOc3ccccc32)c(F)c1. The van der Waals surface area contributed by atoms with Gasteiger partial charge in [-0.3, -0.25) is 0 Å². The average Bonchev–Trinajstić information content (AvgIpc) is 2.69. The van der Waals surface area contributed by atoms with E-state index in [4.69, 9.17) is 10.5 Å². The van der Waals surface area contributed by atoms with Gasteiger partial charge >= 0.3 is 0 Å². The molecule has 0 radical (unpaired) electrons. The fraction of sp³-hybridized carbons (Fsp3) is 0.250. The highest BCUT2D eigenvalue weighted by Gasteiger charge is 2.20. The lowest BCUT2D eigenvalue weighted by atomic mass is 10.1. The van der Waals surface area contributed by atoms with Gasteiger partial charge in [0.05, 0.1) is 18.0 Å². The van der Waals surface area contributed by atoms with Crippen LogP contribution in [-0.2, 0) is 6.54 Å². The molecule has 3 rings (SSSR count). The number of hydrogen-bond donors (Lipinski definition) is 1. The molecule has 3 nitrogen and oxygen atoms in total. The first kappa shape index (κ1) is 12.9. The minimum absolute atomic E-state index is 0.246.